The quantitative estimate of drug-likeness (QED) is 0.0480. The van der Waals surface area contributed by atoms with Crippen LogP contribution in [-0.4, -0.2) is 61.6 Å². The Bertz CT molecular complexity index is 1610. The van der Waals surface area contributed by atoms with Crippen molar-refractivity contribution in [2.75, 3.05) is 18.9 Å². The molecule has 3 aromatic rings. The van der Waals surface area contributed by atoms with Crippen LogP contribution < -0.4 is 10.8 Å². The number of ether oxygens (including phenoxy) is 2. The largest absolute Gasteiger partial charge is 0.464 e. The Hall–Kier alpha value is -3.54. The molecule has 0 radical (unpaired) electrons. The molecule has 268 valence electrons. The first-order valence-electron chi connectivity index (χ1n) is 16.5. The molecule has 3 heterocycles. The Morgan fingerprint density at radius 1 is 1.18 bits per heavy atom. The summed E-state index contributed by atoms with van der Waals surface area (Å²) in [7, 11) is -3.30. The summed E-state index contributed by atoms with van der Waals surface area (Å²) in [5.41, 5.74) is 4.21. The highest BCUT2D eigenvalue weighted by Crippen LogP contribution is 2.39. The second-order valence-corrected chi connectivity index (χ2v) is 13.5. The molecule has 5 atom stereocenters. The monoisotopic (exact) mass is 708 g/mol. The van der Waals surface area contributed by atoms with E-state index in [1.165, 1.54) is 10.9 Å². The fourth-order valence-corrected chi connectivity index (χ4v) is 6.77. The maximum absolute atomic E-state index is 14.0. The van der Waals surface area contributed by atoms with Gasteiger partial charge in [0.05, 0.1) is 19.5 Å². The lowest BCUT2D eigenvalue weighted by Crippen LogP contribution is -2.43. The van der Waals surface area contributed by atoms with Crippen molar-refractivity contribution in [3.63, 3.8) is 0 Å². The maximum atomic E-state index is 14.0. The zero-order valence-electron chi connectivity index (χ0n) is 27.7. The molecule has 12 nitrogen and oxygen atoms in total. The molecule has 4 N–H and O–H groups in total. The van der Waals surface area contributed by atoms with Gasteiger partial charge in [-0.2, -0.15) is 14.4 Å². The second-order valence-electron chi connectivity index (χ2n) is 12.3. The van der Waals surface area contributed by atoms with Gasteiger partial charge in [-0.1, -0.05) is 58.3 Å². The van der Waals surface area contributed by atoms with Crippen LogP contribution in [-0.2, 0) is 29.8 Å². The number of carbonyl (C=O) groups excluding carboxylic acids is 1. The number of halogens is 3. The van der Waals surface area contributed by atoms with Crippen LogP contribution in [0.3, 0.4) is 0 Å². The molecule has 0 bridgehead atoms. The number of hydrogen-bond acceptors (Lipinski definition) is 10. The summed E-state index contributed by atoms with van der Waals surface area (Å²) in [5.74, 6) is -0.115. The number of nitrogens with zero attached hydrogens (tertiary/aromatic N) is 4. The van der Waals surface area contributed by atoms with Crippen molar-refractivity contribution in [1.29, 1.82) is 0 Å². The molecule has 1 fully saturated rings. The van der Waals surface area contributed by atoms with Crippen molar-refractivity contribution in [3.05, 3.63) is 47.8 Å². The first-order chi connectivity index (χ1) is 23.5. The summed E-state index contributed by atoms with van der Waals surface area (Å²) in [6, 6.07) is 1.56. The van der Waals surface area contributed by atoms with Crippen LogP contribution >= 0.6 is 8.18 Å². The summed E-state index contributed by atoms with van der Waals surface area (Å²) < 4.78 is 73.7. The Morgan fingerprint density at radius 2 is 1.86 bits per heavy atom. The van der Waals surface area contributed by atoms with E-state index in [1.54, 1.807) is 0 Å². The molecule has 0 amide bonds. The zero-order valence-corrected chi connectivity index (χ0v) is 28.7. The van der Waals surface area contributed by atoms with Gasteiger partial charge in [-0.3, -0.25) is 13.9 Å². The minimum absolute atomic E-state index is 0.0132. The van der Waals surface area contributed by atoms with Gasteiger partial charge in [-0.15, -0.1) is 6.42 Å². The van der Waals surface area contributed by atoms with Crippen LogP contribution in [0.4, 0.5) is 19.0 Å². The molecule has 49 heavy (non-hydrogen) atoms. The van der Waals surface area contributed by atoms with Crippen LogP contribution in [0.25, 0.3) is 11.2 Å². The zero-order chi connectivity index (χ0) is 35.6. The number of aliphatic hydroxyl groups excluding tert-OH is 1. The van der Waals surface area contributed by atoms with Crippen molar-refractivity contribution in [1.82, 2.24) is 24.6 Å². The molecule has 4 rings (SSSR count). The predicted octanol–water partition coefficient (Wildman–Crippen LogP) is 5.40. The van der Waals surface area contributed by atoms with E-state index in [4.69, 9.17) is 26.2 Å². The van der Waals surface area contributed by atoms with Gasteiger partial charge in [0.15, 0.2) is 22.6 Å². The molecule has 16 heteroatoms. The first kappa shape index (κ1) is 38.3. The highest BCUT2D eigenvalue weighted by Gasteiger charge is 2.49. The molecule has 1 saturated heterocycles. The molecular weight excluding hydrogens is 664 g/mol. The molecule has 1 unspecified atom stereocenters. The Labute approximate surface area is 284 Å². The van der Waals surface area contributed by atoms with Crippen molar-refractivity contribution in [3.8, 4) is 12.3 Å². The van der Waals surface area contributed by atoms with Gasteiger partial charge in [0.1, 0.15) is 30.0 Å². The van der Waals surface area contributed by atoms with Crippen LogP contribution in [0.1, 0.15) is 83.4 Å². The number of esters is 1. The summed E-state index contributed by atoms with van der Waals surface area (Å²) in [6.07, 6.45) is 11.3. The predicted molar refractivity (Wildman–Crippen MR) is 177 cm³/mol. The normalized spacial score (nSPS) is 20.4. The van der Waals surface area contributed by atoms with Gasteiger partial charge in [-0.05, 0) is 42.9 Å². The molecule has 1 aliphatic heterocycles. The standard InChI is InChI=1S/C33H44F3N6O6P/c1-4-7-9-11-21(12-10-8-5-2)18-46-31(44)25(15-22-13-23(34)16-24(35)14-22)41-49(45)47-19-33(6-3)26(43)17-27(48-33)42-20-38-28-29(37)39-32(36)40-30(28)42/h3,13-14,16,20-21,25-27,43,49H,4-5,7-12,15,17-19H2,1-2H3,(H,41,45)(H2,37,39,40)/t25-,26-,27+,33+/m0/s1. The first-order valence-corrected chi connectivity index (χ1v) is 17.8. The lowest BCUT2D eigenvalue weighted by atomic mass is 9.96. The SMILES string of the molecule is C#C[C@]1(CO[PH](=O)N[C@@H](Cc2cc(F)cc(F)c2)C(=O)OCC(CCCCC)CCCCC)O[C@@H](n2cnc3c(N)nc(F)nc32)C[C@@H]1O. The van der Waals surface area contributed by atoms with E-state index in [0.717, 1.165) is 63.5 Å². The number of hydrogen-bond donors (Lipinski definition) is 3. The smallest absolute Gasteiger partial charge is 0.323 e. The van der Waals surface area contributed by atoms with E-state index < -0.39 is 62.4 Å². The number of nitrogens with one attached hydrogen (secondary N) is 1. The lowest BCUT2D eigenvalue weighted by molar-refractivity contribution is -0.147. The number of terminal acetylenes is 1. The molecule has 1 aliphatic rings. The number of carbonyl (C=O) groups is 1. The molecule has 0 aliphatic carbocycles. The van der Waals surface area contributed by atoms with E-state index in [2.05, 4.69) is 39.8 Å². The molecule has 0 saturated carbocycles. The highest BCUT2D eigenvalue weighted by molar-refractivity contribution is 7.36. The van der Waals surface area contributed by atoms with E-state index in [9.17, 15) is 27.6 Å². The van der Waals surface area contributed by atoms with E-state index in [1.807, 2.05) is 0 Å². The Kier molecular flexibility index (Phi) is 14.0. The van der Waals surface area contributed by atoms with Crippen LogP contribution in [0, 0.1) is 36.0 Å². The third kappa shape index (κ3) is 10.2. The Balaban J connectivity index is 1.44. The van der Waals surface area contributed by atoms with Crippen LogP contribution in [0.15, 0.2) is 24.5 Å². The molecule has 0 spiro atoms. The van der Waals surface area contributed by atoms with Crippen molar-refractivity contribution in [2.45, 2.75) is 102 Å². The third-order valence-corrected chi connectivity index (χ3v) is 9.53. The van der Waals surface area contributed by atoms with Crippen molar-refractivity contribution < 1.29 is 41.6 Å². The molecule has 2 aromatic heterocycles. The number of aromatic nitrogens is 4. The van der Waals surface area contributed by atoms with Crippen LogP contribution in [0.2, 0.25) is 0 Å². The van der Waals surface area contributed by atoms with Gasteiger partial charge in [0, 0.05) is 12.5 Å². The van der Waals surface area contributed by atoms with E-state index in [0.29, 0.717) is 6.07 Å². The molecular formula is C33H44F3N6O6P. The number of fused-ring (bicyclic) bond motifs is 1. The number of aliphatic hydroxyl groups is 1. The van der Waals surface area contributed by atoms with Gasteiger partial charge < -0.3 is 24.8 Å². The van der Waals surface area contributed by atoms with E-state index in [-0.39, 0.29) is 47.9 Å². The van der Waals surface area contributed by atoms with E-state index >= 15 is 0 Å². The third-order valence-electron chi connectivity index (χ3n) is 8.53. The average Bonchev–Trinajstić information content (AvgIpc) is 3.62. The van der Waals surface area contributed by atoms with Crippen LogP contribution in [0.5, 0.6) is 0 Å². The number of anilines is 1. The van der Waals surface area contributed by atoms with Gasteiger partial charge >= 0.3 is 12.0 Å². The number of nitrogens with two attached hydrogens (primary N) is 1. The lowest BCUT2D eigenvalue weighted by Gasteiger charge is -2.27. The highest BCUT2D eigenvalue weighted by atomic mass is 31.1. The maximum Gasteiger partial charge on any atom is 0.323 e. The number of benzene rings is 1. The Morgan fingerprint density at radius 3 is 2.49 bits per heavy atom. The summed E-state index contributed by atoms with van der Waals surface area (Å²) in [5, 5.41) is 13.5. The minimum Gasteiger partial charge on any atom is -0.464 e. The topological polar surface area (TPSA) is 164 Å². The number of rotatable bonds is 19. The number of imidazole rings is 1. The summed E-state index contributed by atoms with van der Waals surface area (Å²) in [6.45, 7) is 3.80. The summed E-state index contributed by atoms with van der Waals surface area (Å²) >= 11 is 0. The molecule has 1 aromatic carbocycles. The number of unbranched alkanes of at least 4 members (excludes halogenated alkanes) is 4. The second kappa shape index (κ2) is 17.9. The number of nitrogen functional groups attached to an aromatic ring is 1. The average molecular weight is 709 g/mol. The fraction of sp³-hybridized carbons (Fsp3) is 0.576. The fourth-order valence-electron chi connectivity index (χ4n) is 5.84. The minimum atomic E-state index is -3.30. The van der Waals surface area contributed by atoms with Gasteiger partial charge in [0.25, 0.3) is 8.18 Å². The van der Waals surface area contributed by atoms with Crippen molar-refractivity contribution >= 4 is 31.1 Å². The van der Waals surface area contributed by atoms with Gasteiger partial charge in [-0.25, -0.2) is 18.9 Å². The van der Waals surface area contributed by atoms with Gasteiger partial charge in [0.2, 0.25) is 0 Å². The van der Waals surface area contributed by atoms with Crippen molar-refractivity contribution in [2.24, 2.45) is 5.92 Å². The summed E-state index contributed by atoms with van der Waals surface area (Å²) in [4.78, 5) is 24.6.